The van der Waals surface area contributed by atoms with Gasteiger partial charge in [0.05, 0.1) is 10.7 Å². The Morgan fingerprint density at radius 1 is 1.33 bits per heavy atom. The molecule has 0 unspecified atom stereocenters. The van der Waals surface area contributed by atoms with E-state index in [2.05, 4.69) is 4.72 Å². The van der Waals surface area contributed by atoms with E-state index in [1.54, 1.807) is 17.5 Å². The minimum absolute atomic E-state index is 0.101. The lowest BCUT2D eigenvalue weighted by atomic mass is 10.1. The Morgan fingerprint density at radius 2 is 2.04 bits per heavy atom. The molecule has 24 heavy (non-hydrogen) atoms. The van der Waals surface area contributed by atoms with E-state index in [9.17, 15) is 13.2 Å². The van der Waals surface area contributed by atoms with Crippen molar-refractivity contribution in [1.29, 1.82) is 0 Å². The van der Waals surface area contributed by atoms with Crippen LogP contribution in [0.15, 0.2) is 33.9 Å². The van der Waals surface area contributed by atoms with Crippen LogP contribution in [0.25, 0.3) is 0 Å². The molecule has 130 valence electrons. The number of rotatable bonds is 6. The summed E-state index contributed by atoms with van der Waals surface area (Å²) in [5.74, 6) is -0.195. The lowest BCUT2D eigenvalue weighted by molar-refractivity contribution is -0.116. The number of amides is 1. The molecule has 1 N–H and O–H groups in total. The van der Waals surface area contributed by atoms with Crippen LogP contribution >= 0.6 is 22.9 Å². The minimum atomic E-state index is -3.55. The number of halogens is 1. The third-order valence-electron chi connectivity index (χ3n) is 3.44. The number of anilines is 1. The first-order chi connectivity index (χ1) is 11.2. The van der Waals surface area contributed by atoms with Crippen molar-refractivity contribution in [3.05, 3.63) is 45.8 Å². The van der Waals surface area contributed by atoms with Crippen molar-refractivity contribution < 1.29 is 13.2 Å². The lowest BCUT2D eigenvalue weighted by Crippen LogP contribution is -2.38. The van der Waals surface area contributed by atoms with Gasteiger partial charge >= 0.3 is 0 Å². The first-order valence-corrected chi connectivity index (χ1v) is 10.0. The van der Waals surface area contributed by atoms with Gasteiger partial charge < -0.3 is 4.90 Å². The number of carbonyl (C=O) groups excluding carboxylic acids is 1. The van der Waals surface area contributed by atoms with Gasteiger partial charge in [0.25, 0.3) is 0 Å². The summed E-state index contributed by atoms with van der Waals surface area (Å²) in [6.45, 7) is 5.53. The van der Waals surface area contributed by atoms with Crippen molar-refractivity contribution in [1.82, 2.24) is 4.72 Å². The molecular weight excluding hydrogens is 368 g/mol. The predicted octanol–water partition coefficient (Wildman–Crippen LogP) is 3.35. The smallest absolute Gasteiger partial charge is 0.250 e. The average Bonchev–Trinajstić information content (AvgIpc) is 2.99. The monoisotopic (exact) mass is 386 g/mol. The van der Waals surface area contributed by atoms with Crippen molar-refractivity contribution >= 4 is 44.6 Å². The number of hydrogen-bond acceptors (Lipinski definition) is 4. The van der Waals surface area contributed by atoms with Crippen LogP contribution in [0.5, 0.6) is 0 Å². The summed E-state index contributed by atoms with van der Waals surface area (Å²) in [6.07, 6.45) is 0. The molecule has 0 aliphatic rings. The fourth-order valence-corrected chi connectivity index (χ4v) is 4.94. The Morgan fingerprint density at radius 3 is 2.58 bits per heavy atom. The van der Waals surface area contributed by atoms with E-state index in [4.69, 9.17) is 11.6 Å². The molecule has 5 nitrogen and oxygen atoms in total. The van der Waals surface area contributed by atoms with Crippen LogP contribution in [-0.4, -0.2) is 27.4 Å². The zero-order chi connectivity index (χ0) is 17.9. The summed E-state index contributed by atoms with van der Waals surface area (Å²) in [5.41, 5.74) is 2.49. The number of aryl methyl sites for hydroxylation is 2. The van der Waals surface area contributed by atoms with Gasteiger partial charge in [-0.15, -0.1) is 11.3 Å². The Labute approximate surface area is 151 Å². The van der Waals surface area contributed by atoms with Crippen molar-refractivity contribution in [2.75, 3.05) is 18.0 Å². The van der Waals surface area contributed by atoms with Gasteiger partial charge in [-0.1, -0.05) is 23.7 Å². The number of sulfonamides is 1. The molecule has 0 atom stereocenters. The predicted molar refractivity (Wildman–Crippen MR) is 98.5 cm³/mol. The third-order valence-corrected chi connectivity index (χ3v) is 6.58. The van der Waals surface area contributed by atoms with Gasteiger partial charge in [0.15, 0.2) is 0 Å². The molecular formula is C16H19ClN2O3S2. The van der Waals surface area contributed by atoms with E-state index in [-0.39, 0.29) is 23.2 Å². The highest BCUT2D eigenvalue weighted by molar-refractivity contribution is 7.91. The summed E-state index contributed by atoms with van der Waals surface area (Å²) >= 11 is 7.44. The van der Waals surface area contributed by atoms with Crippen molar-refractivity contribution in [2.45, 2.75) is 25.0 Å². The van der Waals surface area contributed by atoms with Gasteiger partial charge in [0.1, 0.15) is 4.21 Å². The Bertz CT molecular complexity index is 810. The van der Waals surface area contributed by atoms with Crippen LogP contribution in [0.1, 0.15) is 18.1 Å². The molecule has 0 radical (unpaired) electrons. The molecule has 8 heteroatoms. The van der Waals surface area contributed by atoms with Crippen molar-refractivity contribution in [3.63, 3.8) is 0 Å². The molecule has 0 fully saturated rings. The number of carbonyl (C=O) groups is 1. The summed E-state index contributed by atoms with van der Waals surface area (Å²) in [4.78, 5) is 13.5. The molecule has 2 rings (SSSR count). The normalized spacial score (nSPS) is 11.5. The second-order valence-corrected chi connectivity index (χ2v) is 8.76. The first-order valence-electron chi connectivity index (χ1n) is 7.30. The van der Waals surface area contributed by atoms with Crippen LogP contribution in [0, 0.1) is 13.8 Å². The number of nitrogens with one attached hydrogen (secondary N) is 1. The van der Waals surface area contributed by atoms with E-state index < -0.39 is 10.0 Å². The maximum absolute atomic E-state index is 12.1. The quantitative estimate of drug-likeness (QED) is 0.827. The van der Waals surface area contributed by atoms with Gasteiger partial charge in [0.2, 0.25) is 15.9 Å². The molecule has 1 aromatic heterocycles. The van der Waals surface area contributed by atoms with Crippen LogP contribution < -0.4 is 9.62 Å². The fraction of sp³-hybridized carbons (Fsp3) is 0.312. The second-order valence-electron chi connectivity index (χ2n) is 5.41. The average molecular weight is 387 g/mol. The summed E-state index contributed by atoms with van der Waals surface area (Å²) in [5, 5.41) is 2.18. The summed E-state index contributed by atoms with van der Waals surface area (Å²) in [6, 6.07) is 6.94. The summed E-state index contributed by atoms with van der Waals surface area (Å²) < 4.78 is 27.0. The largest absolute Gasteiger partial charge is 0.310 e. The van der Waals surface area contributed by atoms with Gasteiger partial charge in [-0.3, -0.25) is 4.79 Å². The second kappa shape index (κ2) is 7.65. The van der Waals surface area contributed by atoms with Crippen LogP contribution in [0.3, 0.4) is 0 Å². The van der Waals surface area contributed by atoms with Crippen LogP contribution in [0.2, 0.25) is 5.02 Å². The van der Waals surface area contributed by atoms with Gasteiger partial charge in [-0.25, -0.2) is 13.1 Å². The molecule has 1 heterocycles. The molecule has 0 spiro atoms. The third kappa shape index (κ3) is 4.36. The van der Waals surface area contributed by atoms with Crippen LogP contribution in [-0.2, 0) is 14.8 Å². The molecule has 0 saturated carbocycles. The van der Waals surface area contributed by atoms with Crippen molar-refractivity contribution in [3.8, 4) is 0 Å². The van der Waals surface area contributed by atoms with E-state index in [1.807, 2.05) is 19.9 Å². The zero-order valence-electron chi connectivity index (χ0n) is 13.7. The molecule has 0 saturated heterocycles. The highest BCUT2D eigenvalue weighted by Crippen LogP contribution is 2.31. The molecule has 0 aliphatic heterocycles. The van der Waals surface area contributed by atoms with Crippen LogP contribution in [0.4, 0.5) is 5.69 Å². The number of nitrogens with zero attached hydrogens (tertiary/aromatic N) is 1. The Balaban J connectivity index is 2.15. The maximum Gasteiger partial charge on any atom is 0.250 e. The van der Waals surface area contributed by atoms with E-state index in [0.29, 0.717) is 10.7 Å². The summed E-state index contributed by atoms with van der Waals surface area (Å²) in [7, 11) is -3.55. The highest BCUT2D eigenvalue weighted by Gasteiger charge is 2.20. The highest BCUT2D eigenvalue weighted by atomic mass is 35.5. The van der Waals surface area contributed by atoms with Gasteiger partial charge in [-0.2, -0.15) is 0 Å². The lowest BCUT2D eigenvalue weighted by Gasteiger charge is -2.24. The van der Waals surface area contributed by atoms with Gasteiger partial charge in [-0.05, 0) is 42.5 Å². The van der Waals surface area contributed by atoms with E-state index >= 15 is 0 Å². The number of thiophene rings is 1. The molecule has 0 aliphatic carbocycles. The molecule has 2 aromatic rings. The standard InChI is InChI=1S/C16H19ClN2O3S2/c1-11-9-12(2)16(14(17)10-11)19(13(3)20)7-6-18-24(21,22)15-5-4-8-23-15/h4-5,8-10,18H,6-7H2,1-3H3. The van der Waals surface area contributed by atoms with Crippen molar-refractivity contribution in [2.24, 2.45) is 0 Å². The fourth-order valence-electron chi connectivity index (χ4n) is 2.46. The Hall–Kier alpha value is -1.41. The molecule has 1 aromatic carbocycles. The maximum atomic E-state index is 12.1. The van der Waals surface area contributed by atoms with E-state index in [0.717, 1.165) is 22.5 Å². The molecule has 0 bridgehead atoms. The SMILES string of the molecule is CC(=O)N(CCNS(=O)(=O)c1cccs1)c1c(C)cc(C)cc1Cl. The number of benzene rings is 1. The Kier molecular flexibility index (Phi) is 6.03. The zero-order valence-corrected chi connectivity index (χ0v) is 16.1. The topological polar surface area (TPSA) is 66.5 Å². The molecule has 1 amide bonds. The first kappa shape index (κ1) is 18.9. The number of hydrogen-bond donors (Lipinski definition) is 1. The van der Waals surface area contributed by atoms with Gasteiger partial charge in [0, 0.05) is 20.0 Å². The minimum Gasteiger partial charge on any atom is -0.310 e. The van der Waals surface area contributed by atoms with E-state index in [1.165, 1.54) is 17.9 Å².